The summed E-state index contributed by atoms with van der Waals surface area (Å²) in [4.78, 5) is 68.5. The molecule has 14 heteroatoms. The van der Waals surface area contributed by atoms with E-state index in [0.29, 0.717) is 33.8 Å². The van der Waals surface area contributed by atoms with E-state index in [4.69, 9.17) is 9.37 Å². The van der Waals surface area contributed by atoms with Gasteiger partial charge in [-0.1, -0.05) is 49.3 Å². The molecule has 1 aromatic carbocycles. The average molecular weight is 597 g/mol. The van der Waals surface area contributed by atoms with Gasteiger partial charge in [-0.05, 0) is 44.2 Å². The van der Waals surface area contributed by atoms with Gasteiger partial charge in [-0.25, -0.2) is 14.4 Å². The predicted molar refractivity (Wildman–Crippen MR) is 154 cm³/mol. The summed E-state index contributed by atoms with van der Waals surface area (Å²) in [5, 5.41) is 22.3. The molecule has 0 radical (unpaired) electrons. The molecule has 2 aromatic heterocycles. The lowest BCUT2D eigenvalue weighted by atomic mass is 10.0. The minimum absolute atomic E-state index is 0.0311. The van der Waals surface area contributed by atoms with Crippen molar-refractivity contribution in [2.24, 2.45) is 0 Å². The molecule has 14 nitrogen and oxygen atoms in total. The van der Waals surface area contributed by atoms with E-state index in [1.165, 1.54) is 10.8 Å². The number of aromatic nitrogens is 4. The van der Waals surface area contributed by atoms with E-state index in [9.17, 15) is 29.1 Å². The van der Waals surface area contributed by atoms with Gasteiger partial charge in [-0.15, -0.1) is 0 Å². The summed E-state index contributed by atoms with van der Waals surface area (Å²) in [6.07, 6.45) is 0.853. The minimum atomic E-state index is -1.51. The van der Waals surface area contributed by atoms with Gasteiger partial charge in [0.05, 0.1) is 24.2 Å². The SMILES string of the molecule is CCC(C(=O)NC(CC(=O)O)C(=O)COC(=O)c1c(C)cccc1C)n1cc(C(C)C)nc(NCc2nonc2C)c1=O. The maximum absolute atomic E-state index is 13.5. The number of hydrogen-bond donors (Lipinski definition) is 3. The molecule has 0 saturated heterocycles. The summed E-state index contributed by atoms with van der Waals surface area (Å²) < 4.78 is 11.1. The van der Waals surface area contributed by atoms with E-state index in [1.807, 2.05) is 13.8 Å². The number of carboxylic acids is 1. The molecule has 2 heterocycles. The van der Waals surface area contributed by atoms with Crippen LogP contribution in [0.25, 0.3) is 0 Å². The first-order valence-electron chi connectivity index (χ1n) is 13.8. The lowest BCUT2D eigenvalue weighted by Gasteiger charge is -2.23. The number of carbonyl (C=O) groups is 4. The van der Waals surface area contributed by atoms with Gasteiger partial charge in [-0.2, -0.15) is 0 Å². The van der Waals surface area contributed by atoms with E-state index in [1.54, 1.807) is 45.9 Å². The van der Waals surface area contributed by atoms with Gasteiger partial charge in [0.15, 0.2) is 18.2 Å². The van der Waals surface area contributed by atoms with Crippen molar-refractivity contribution in [2.45, 2.75) is 78.9 Å². The second-order valence-electron chi connectivity index (χ2n) is 10.4. The van der Waals surface area contributed by atoms with Crippen LogP contribution in [0, 0.1) is 20.8 Å². The normalized spacial score (nSPS) is 12.4. The summed E-state index contributed by atoms with van der Waals surface area (Å²) >= 11 is 0. The smallest absolute Gasteiger partial charge is 0.339 e. The van der Waals surface area contributed by atoms with Crippen molar-refractivity contribution < 1.29 is 33.7 Å². The Bertz CT molecular complexity index is 1540. The lowest BCUT2D eigenvalue weighted by molar-refractivity contribution is -0.141. The Morgan fingerprint density at radius 3 is 2.33 bits per heavy atom. The highest BCUT2D eigenvalue weighted by Gasteiger charge is 2.30. The summed E-state index contributed by atoms with van der Waals surface area (Å²) in [6, 6.07) is 2.62. The molecule has 2 atom stereocenters. The molecular weight excluding hydrogens is 560 g/mol. The molecule has 3 N–H and O–H groups in total. The Hall–Kier alpha value is -4.88. The average Bonchev–Trinajstić information content (AvgIpc) is 3.35. The van der Waals surface area contributed by atoms with Crippen molar-refractivity contribution in [1.29, 1.82) is 0 Å². The van der Waals surface area contributed by atoms with E-state index in [0.717, 1.165) is 0 Å². The molecule has 43 heavy (non-hydrogen) atoms. The van der Waals surface area contributed by atoms with E-state index in [2.05, 4.69) is 25.9 Å². The number of nitrogens with zero attached hydrogens (tertiary/aromatic N) is 4. The van der Waals surface area contributed by atoms with E-state index in [-0.39, 0.29) is 24.7 Å². The number of ether oxygens (including phenoxy) is 1. The number of aliphatic carboxylic acids is 1. The number of amides is 1. The number of hydrogen-bond acceptors (Lipinski definition) is 11. The Balaban J connectivity index is 1.83. The zero-order valence-electron chi connectivity index (χ0n) is 25.0. The third-order valence-electron chi connectivity index (χ3n) is 6.85. The molecule has 230 valence electrons. The third-order valence-corrected chi connectivity index (χ3v) is 6.85. The van der Waals surface area contributed by atoms with Gasteiger partial charge < -0.3 is 20.5 Å². The quantitative estimate of drug-likeness (QED) is 0.231. The lowest BCUT2D eigenvalue weighted by Crippen LogP contribution is -2.48. The van der Waals surface area contributed by atoms with Gasteiger partial charge in [-0.3, -0.25) is 23.7 Å². The summed E-state index contributed by atoms with van der Waals surface area (Å²) in [5.41, 5.74) is 2.53. The zero-order valence-corrected chi connectivity index (χ0v) is 25.0. The summed E-state index contributed by atoms with van der Waals surface area (Å²) in [7, 11) is 0. The largest absolute Gasteiger partial charge is 0.481 e. The van der Waals surface area contributed by atoms with Crippen LogP contribution < -0.4 is 16.2 Å². The third kappa shape index (κ3) is 8.11. The highest BCUT2D eigenvalue weighted by molar-refractivity contribution is 5.97. The number of carboxylic acid groups (broad SMARTS) is 1. The van der Waals surface area contributed by atoms with Crippen LogP contribution in [-0.4, -0.2) is 61.2 Å². The monoisotopic (exact) mass is 596 g/mol. The zero-order chi connectivity index (χ0) is 31.8. The summed E-state index contributed by atoms with van der Waals surface area (Å²) in [6.45, 7) is 9.90. The van der Waals surface area contributed by atoms with E-state index >= 15 is 0 Å². The van der Waals surface area contributed by atoms with Crippen LogP contribution >= 0.6 is 0 Å². The molecule has 3 rings (SSSR count). The number of nitrogens with one attached hydrogen (secondary N) is 2. The van der Waals surface area contributed by atoms with Crippen LogP contribution in [0.3, 0.4) is 0 Å². The first-order valence-corrected chi connectivity index (χ1v) is 13.8. The van der Waals surface area contributed by atoms with Crippen molar-refractivity contribution >= 4 is 29.4 Å². The number of anilines is 1. The van der Waals surface area contributed by atoms with E-state index < -0.39 is 54.3 Å². The number of Topliss-reactive ketones (excluding diaryl/α,β-unsaturated/α-hetero) is 1. The standard InChI is InChI=1S/C29H36N6O8/c1-7-22(35-13-21(15(2)3)31-26(28(35)40)30-12-20-18(6)33-43-34-20)27(39)32-19(11-24(37)38)23(36)14-42-29(41)25-16(4)9-8-10-17(25)5/h8-10,13,15,19,22H,7,11-12,14H2,1-6H3,(H,30,31)(H,32,39)(H,37,38). The van der Waals surface area contributed by atoms with Crippen LogP contribution in [0.1, 0.15) is 84.1 Å². The van der Waals surface area contributed by atoms with Gasteiger partial charge in [0.1, 0.15) is 23.5 Å². The molecule has 0 aliphatic rings. The highest BCUT2D eigenvalue weighted by Crippen LogP contribution is 2.18. The maximum atomic E-state index is 13.5. The Labute approximate surface area is 247 Å². The fourth-order valence-electron chi connectivity index (χ4n) is 4.37. The number of benzene rings is 1. The van der Waals surface area contributed by atoms with Crippen LogP contribution in [0.4, 0.5) is 5.82 Å². The first kappa shape index (κ1) is 32.6. The number of rotatable bonds is 14. The molecule has 0 fully saturated rings. The molecule has 0 aliphatic heterocycles. The Kier molecular flexibility index (Phi) is 10.9. The molecular formula is C29H36N6O8. The Morgan fingerprint density at radius 1 is 1.09 bits per heavy atom. The molecule has 3 aromatic rings. The van der Waals surface area contributed by atoms with Crippen LogP contribution in [0.2, 0.25) is 0 Å². The summed E-state index contributed by atoms with van der Waals surface area (Å²) in [5.74, 6) is -3.80. The van der Waals surface area contributed by atoms with Crippen molar-refractivity contribution in [3.05, 3.63) is 68.5 Å². The Morgan fingerprint density at radius 2 is 1.77 bits per heavy atom. The fraction of sp³-hybridized carbons (Fsp3) is 0.448. The van der Waals surface area contributed by atoms with Crippen molar-refractivity contribution in [1.82, 2.24) is 25.2 Å². The number of carbonyl (C=O) groups excluding carboxylic acids is 3. The van der Waals surface area contributed by atoms with Crippen molar-refractivity contribution in [2.75, 3.05) is 11.9 Å². The van der Waals surface area contributed by atoms with Gasteiger partial charge in [0, 0.05) is 6.20 Å². The van der Waals surface area contributed by atoms with Gasteiger partial charge in [0.2, 0.25) is 5.91 Å². The molecule has 0 bridgehead atoms. The number of esters is 1. The highest BCUT2D eigenvalue weighted by atomic mass is 16.6. The predicted octanol–water partition coefficient (Wildman–Crippen LogP) is 2.62. The van der Waals surface area contributed by atoms with Gasteiger partial charge in [0.25, 0.3) is 5.56 Å². The molecule has 2 unspecified atom stereocenters. The van der Waals surface area contributed by atoms with Crippen LogP contribution in [0.15, 0.2) is 33.8 Å². The topological polar surface area (TPSA) is 196 Å². The van der Waals surface area contributed by atoms with Gasteiger partial charge >= 0.3 is 11.9 Å². The first-order chi connectivity index (χ1) is 20.3. The number of aryl methyl sites for hydroxylation is 3. The van der Waals surface area contributed by atoms with Crippen LogP contribution in [-0.2, 0) is 25.7 Å². The fourth-order valence-corrected chi connectivity index (χ4v) is 4.37. The van der Waals surface area contributed by atoms with Crippen molar-refractivity contribution in [3.8, 4) is 0 Å². The molecule has 0 saturated carbocycles. The maximum Gasteiger partial charge on any atom is 0.339 e. The second-order valence-corrected chi connectivity index (χ2v) is 10.4. The van der Waals surface area contributed by atoms with Crippen molar-refractivity contribution in [3.63, 3.8) is 0 Å². The number of ketones is 1. The minimum Gasteiger partial charge on any atom is -0.481 e. The second kappa shape index (κ2) is 14.3. The molecule has 0 aliphatic carbocycles. The molecule has 1 amide bonds. The van der Waals surface area contributed by atoms with Crippen LogP contribution in [0.5, 0.6) is 0 Å². The molecule has 0 spiro atoms.